The minimum absolute atomic E-state index is 0.0159. The maximum Gasteiger partial charge on any atom is 0.323 e. The Balaban J connectivity index is 1.42. The van der Waals surface area contributed by atoms with Gasteiger partial charge in [0.05, 0.1) is 6.10 Å². The molecule has 2 aliphatic carbocycles. The minimum atomic E-state index is -1.08. The van der Waals surface area contributed by atoms with E-state index in [1.807, 2.05) is 44.3 Å². The summed E-state index contributed by atoms with van der Waals surface area (Å²) in [6.45, 7) is 24.3. The van der Waals surface area contributed by atoms with E-state index < -0.39 is 30.1 Å². The molecule has 4 unspecified atom stereocenters. The number of aliphatic carboxylic acids is 2. The van der Waals surface area contributed by atoms with Crippen molar-refractivity contribution in [2.45, 2.75) is 139 Å². The number of carboxylic acid groups (broad SMARTS) is 2. The Hall–Kier alpha value is -5.02. The normalized spacial score (nSPS) is 20.9. The molecule has 0 aliphatic heterocycles. The highest BCUT2D eigenvalue weighted by Gasteiger charge is 2.33. The topological polar surface area (TPSA) is 135 Å². The van der Waals surface area contributed by atoms with Crippen molar-refractivity contribution in [3.05, 3.63) is 153 Å². The van der Waals surface area contributed by atoms with Crippen LogP contribution in [0.3, 0.4) is 0 Å². The van der Waals surface area contributed by atoms with Crippen LogP contribution in [0.15, 0.2) is 142 Å². The van der Waals surface area contributed by atoms with E-state index in [1.165, 1.54) is 59.6 Å². The number of aromatic amines is 1. The lowest BCUT2D eigenvalue weighted by Gasteiger charge is -2.37. The molecule has 0 bridgehead atoms. The second-order valence-corrected chi connectivity index (χ2v) is 19.2. The maximum absolute atomic E-state index is 12.5. The molecule has 1 aromatic carbocycles. The first-order valence-corrected chi connectivity index (χ1v) is 22.7. The number of aliphatic hydroxyl groups is 1. The van der Waals surface area contributed by atoms with Crippen molar-refractivity contribution < 1.29 is 24.9 Å². The zero-order valence-electron chi connectivity index (χ0n) is 39.9. The summed E-state index contributed by atoms with van der Waals surface area (Å²) >= 11 is 0. The van der Waals surface area contributed by atoms with Crippen LogP contribution in [0.2, 0.25) is 0 Å². The lowest BCUT2D eigenvalue weighted by molar-refractivity contribution is -0.142. The van der Waals surface area contributed by atoms with E-state index in [9.17, 15) is 24.9 Å². The van der Waals surface area contributed by atoms with Crippen molar-refractivity contribution >= 4 is 22.8 Å². The molecule has 0 fully saturated rings. The predicted molar refractivity (Wildman–Crippen MR) is 263 cm³/mol. The van der Waals surface area contributed by atoms with Crippen LogP contribution in [-0.4, -0.2) is 63.5 Å². The quantitative estimate of drug-likeness (QED) is 0.0730. The Labute approximate surface area is 377 Å². The van der Waals surface area contributed by atoms with Crippen LogP contribution in [-0.2, 0) is 16.0 Å². The van der Waals surface area contributed by atoms with E-state index in [0.717, 1.165) is 46.0 Å². The van der Waals surface area contributed by atoms with Crippen LogP contribution in [0.4, 0.5) is 0 Å². The second-order valence-electron chi connectivity index (χ2n) is 19.2. The molecule has 6 N–H and O–H groups in total. The monoisotopic (exact) mass is 858 g/mol. The van der Waals surface area contributed by atoms with Gasteiger partial charge >= 0.3 is 11.9 Å². The van der Waals surface area contributed by atoms with Gasteiger partial charge in [-0.15, -0.1) is 0 Å². The number of nitrogens with one attached hydrogen (secondary N) is 3. The van der Waals surface area contributed by atoms with Crippen LogP contribution < -0.4 is 10.6 Å². The fraction of sp³-hybridized carbons (Fsp3) is 0.455. The van der Waals surface area contributed by atoms with E-state index in [1.54, 1.807) is 0 Å². The van der Waals surface area contributed by atoms with Gasteiger partial charge in [-0.25, -0.2) is 0 Å². The highest BCUT2D eigenvalue weighted by atomic mass is 16.4. The Morgan fingerprint density at radius 3 is 1.97 bits per heavy atom. The van der Waals surface area contributed by atoms with E-state index >= 15 is 0 Å². The summed E-state index contributed by atoms with van der Waals surface area (Å²) in [4.78, 5) is 27.2. The van der Waals surface area contributed by atoms with E-state index in [4.69, 9.17) is 0 Å². The first kappa shape index (κ1) is 50.6. The zero-order valence-corrected chi connectivity index (χ0v) is 39.9. The third kappa shape index (κ3) is 14.8. The standard InChI is InChI=1S/C55H75N3O5/c1-36(20-23-47-40(5)19-14-29-54(47,8)9)15-12-17-38(3)27-31-56-50(52(60)61)34-44-35-58-49-25-22-43(33-46(44)49)45-26-30-55(10,11)48(41(45)6)24-21-37(2)16-13-18-39(4)28-32-57-51(42(7)59)53(62)63/h12-13,15-18,20-25,27-28,33,35,42,45,50-51,56-59H,14,19,26,29-32,34H2,1-11H3,(H,60,61)(H,62,63)/b17-12+,18-13+,23-20+,24-21+,36-15+,37-16+,38-27+,39-28+. The number of allylic oxidation sites excluding steroid dienone is 18. The number of hydrogen-bond donors (Lipinski definition) is 6. The van der Waals surface area contributed by atoms with Crippen LogP contribution in [0, 0.1) is 10.8 Å². The van der Waals surface area contributed by atoms with Gasteiger partial charge in [-0.05, 0) is 126 Å². The number of aromatic nitrogens is 1. The third-order valence-corrected chi connectivity index (χ3v) is 13.0. The summed E-state index contributed by atoms with van der Waals surface area (Å²) in [6, 6.07) is 4.85. The number of aliphatic hydroxyl groups excluding tert-OH is 1. The summed E-state index contributed by atoms with van der Waals surface area (Å²) < 4.78 is 0. The van der Waals surface area contributed by atoms with Gasteiger partial charge in [0.2, 0.25) is 0 Å². The summed E-state index contributed by atoms with van der Waals surface area (Å²) in [5, 5.41) is 36.4. The SMILES string of the molecule is CC1=C(/C=C/C(C)=C/C=C/C(C)=C/CNC(Cc2c[nH]c3ccc(C4CCC(C)(C)C(/C=C/C(C)=C/C=C/C(C)=C/CNC(C(=O)O)C(C)O)=C4C)cc23)C(=O)O)C(C)(C)CCC1. The first-order chi connectivity index (χ1) is 29.7. The molecule has 1 aromatic heterocycles. The fourth-order valence-electron chi connectivity index (χ4n) is 8.96. The number of carbonyl (C=O) groups is 2. The molecular formula is C55H75N3O5. The average Bonchev–Trinajstić information content (AvgIpc) is 3.59. The molecule has 8 nitrogen and oxygen atoms in total. The molecular weight excluding hydrogens is 783 g/mol. The van der Waals surface area contributed by atoms with Crippen LogP contribution >= 0.6 is 0 Å². The van der Waals surface area contributed by atoms with Gasteiger partial charge < -0.3 is 25.6 Å². The summed E-state index contributed by atoms with van der Waals surface area (Å²) in [6.07, 6.45) is 32.2. The van der Waals surface area contributed by atoms with Gasteiger partial charge in [0.25, 0.3) is 0 Å². The molecule has 4 atom stereocenters. The molecule has 0 amide bonds. The van der Waals surface area contributed by atoms with Crippen LogP contribution in [0.25, 0.3) is 10.9 Å². The smallest absolute Gasteiger partial charge is 0.323 e. The molecule has 8 heteroatoms. The zero-order chi connectivity index (χ0) is 46.5. The number of H-pyrrole nitrogens is 1. The molecule has 2 aliphatic rings. The lowest BCUT2D eigenvalue weighted by Crippen LogP contribution is -2.44. The molecule has 0 saturated carbocycles. The molecule has 0 saturated heterocycles. The van der Waals surface area contributed by atoms with Crippen LogP contribution in [0.5, 0.6) is 0 Å². The van der Waals surface area contributed by atoms with Gasteiger partial charge in [-0.2, -0.15) is 0 Å². The number of carboxylic acids is 2. The number of benzene rings is 1. The maximum atomic E-state index is 12.5. The summed E-state index contributed by atoms with van der Waals surface area (Å²) in [7, 11) is 0. The summed E-state index contributed by atoms with van der Waals surface area (Å²) in [5.41, 5.74) is 13.5. The van der Waals surface area contributed by atoms with Crippen molar-refractivity contribution in [1.82, 2.24) is 15.6 Å². The van der Waals surface area contributed by atoms with E-state index in [-0.39, 0.29) is 16.7 Å². The first-order valence-electron chi connectivity index (χ1n) is 22.7. The molecule has 340 valence electrons. The average molecular weight is 858 g/mol. The Kier molecular flexibility index (Phi) is 18.5. The van der Waals surface area contributed by atoms with Crippen molar-refractivity contribution in [3.8, 4) is 0 Å². The van der Waals surface area contributed by atoms with Crippen molar-refractivity contribution in [3.63, 3.8) is 0 Å². The Bertz CT molecular complexity index is 2260. The van der Waals surface area contributed by atoms with Gasteiger partial charge in [-0.1, -0.05) is 140 Å². The lowest BCUT2D eigenvalue weighted by atomic mass is 9.67. The van der Waals surface area contributed by atoms with Gasteiger partial charge in [-0.3, -0.25) is 14.9 Å². The molecule has 4 rings (SSSR count). The van der Waals surface area contributed by atoms with Crippen molar-refractivity contribution in [2.24, 2.45) is 10.8 Å². The fourth-order valence-corrected chi connectivity index (χ4v) is 8.96. The number of rotatable bonds is 20. The summed E-state index contributed by atoms with van der Waals surface area (Å²) in [5.74, 6) is -1.69. The van der Waals surface area contributed by atoms with Gasteiger partial charge in [0, 0.05) is 42.5 Å². The highest BCUT2D eigenvalue weighted by Crippen LogP contribution is 2.47. The molecule has 63 heavy (non-hydrogen) atoms. The molecule has 1 heterocycles. The van der Waals surface area contributed by atoms with Gasteiger partial charge in [0.1, 0.15) is 12.1 Å². The van der Waals surface area contributed by atoms with Crippen LogP contribution in [0.1, 0.15) is 125 Å². The van der Waals surface area contributed by atoms with E-state index in [2.05, 4.69) is 138 Å². The molecule has 2 aromatic rings. The number of hydrogen-bond acceptors (Lipinski definition) is 5. The highest BCUT2D eigenvalue weighted by molar-refractivity contribution is 5.85. The van der Waals surface area contributed by atoms with Crippen molar-refractivity contribution in [1.29, 1.82) is 0 Å². The third-order valence-electron chi connectivity index (χ3n) is 13.0. The predicted octanol–water partition coefficient (Wildman–Crippen LogP) is 11.9. The van der Waals surface area contributed by atoms with Gasteiger partial charge in [0.15, 0.2) is 0 Å². The Morgan fingerprint density at radius 2 is 1.40 bits per heavy atom. The number of fused-ring (bicyclic) bond motifs is 1. The largest absolute Gasteiger partial charge is 0.480 e. The Morgan fingerprint density at radius 1 is 0.810 bits per heavy atom. The molecule has 0 radical (unpaired) electrons. The second kappa shape index (κ2) is 23.1. The minimum Gasteiger partial charge on any atom is -0.480 e. The molecule has 0 spiro atoms. The van der Waals surface area contributed by atoms with Crippen molar-refractivity contribution in [2.75, 3.05) is 13.1 Å². The van der Waals surface area contributed by atoms with E-state index in [0.29, 0.717) is 19.5 Å².